The van der Waals surface area contributed by atoms with Crippen molar-refractivity contribution in [1.82, 2.24) is 0 Å². The van der Waals surface area contributed by atoms with E-state index in [0.717, 1.165) is 12.1 Å². The Labute approximate surface area is 155 Å². The number of methoxy groups -OCH3 is 3. The van der Waals surface area contributed by atoms with Crippen LogP contribution in [0.2, 0.25) is 0 Å². The Balaban J connectivity index is 2.04. The quantitative estimate of drug-likeness (QED) is 0.611. The molecule has 0 saturated carbocycles. The fraction of sp³-hybridized carbons (Fsp3) is 0.300. The zero-order chi connectivity index (χ0) is 20.0. The van der Waals surface area contributed by atoms with Gasteiger partial charge < -0.3 is 14.2 Å². The number of rotatable bonds is 9. The van der Waals surface area contributed by atoms with Crippen LogP contribution in [0.5, 0.6) is 17.2 Å². The number of benzene rings is 2. The molecule has 2 aromatic rings. The molecule has 0 aliphatic heterocycles. The Bertz CT molecular complexity index is 823. The number of ether oxygens (including phenoxy) is 3. The van der Waals surface area contributed by atoms with Gasteiger partial charge in [0.2, 0.25) is 5.75 Å². The summed E-state index contributed by atoms with van der Waals surface area (Å²) in [5.74, 6) is -1.28. The molecule has 0 radical (unpaired) electrons. The fourth-order valence-corrected chi connectivity index (χ4v) is 2.65. The van der Waals surface area contributed by atoms with E-state index in [9.17, 15) is 18.4 Å². The third kappa shape index (κ3) is 4.81. The molecule has 0 unspecified atom stereocenters. The lowest BCUT2D eigenvalue weighted by atomic mass is 10.0. The molecular weight excluding hydrogens is 358 g/mol. The van der Waals surface area contributed by atoms with Crippen LogP contribution in [-0.4, -0.2) is 32.9 Å². The molecule has 0 heterocycles. The van der Waals surface area contributed by atoms with Crippen LogP contribution >= 0.6 is 0 Å². The van der Waals surface area contributed by atoms with E-state index in [-0.39, 0.29) is 30.6 Å². The molecule has 0 atom stereocenters. The molecule has 0 N–H and O–H groups in total. The summed E-state index contributed by atoms with van der Waals surface area (Å²) in [6, 6.07) is 5.86. The molecule has 0 aliphatic carbocycles. The maximum absolute atomic E-state index is 13.6. The van der Waals surface area contributed by atoms with Gasteiger partial charge in [0.25, 0.3) is 0 Å². The number of Topliss-reactive ketones (excluding diaryl/α,β-unsaturated/α-hetero) is 2. The standard InChI is InChI=1S/C20H20F2O5/c1-25-18-9-12(10-19(26-2)20(18)27-3)16(23)5-4-6-17(24)14-8-7-13(21)11-15(14)22/h7-11H,4-6H2,1-3H3. The highest BCUT2D eigenvalue weighted by molar-refractivity contribution is 5.99. The minimum absolute atomic E-state index is 0.0291. The molecule has 0 amide bonds. The molecule has 27 heavy (non-hydrogen) atoms. The van der Waals surface area contributed by atoms with Crippen LogP contribution in [0.25, 0.3) is 0 Å². The third-order valence-electron chi connectivity index (χ3n) is 4.03. The first kappa shape index (κ1) is 20.4. The summed E-state index contributed by atoms with van der Waals surface area (Å²) in [5.41, 5.74) is 0.168. The Morgan fingerprint density at radius 2 is 1.44 bits per heavy atom. The van der Waals surface area contributed by atoms with Gasteiger partial charge in [-0.05, 0) is 30.7 Å². The average molecular weight is 378 g/mol. The first-order valence-electron chi connectivity index (χ1n) is 8.22. The lowest BCUT2D eigenvalue weighted by Gasteiger charge is -2.13. The molecule has 0 spiro atoms. The van der Waals surface area contributed by atoms with Gasteiger partial charge in [0.1, 0.15) is 11.6 Å². The van der Waals surface area contributed by atoms with E-state index in [1.807, 2.05) is 0 Å². The first-order valence-corrected chi connectivity index (χ1v) is 8.22. The van der Waals surface area contributed by atoms with Crippen molar-refractivity contribution in [3.63, 3.8) is 0 Å². The van der Waals surface area contributed by atoms with Crippen LogP contribution < -0.4 is 14.2 Å². The van der Waals surface area contributed by atoms with E-state index in [1.54, 1.807) is 0 Å². The van der Waals surface area contributed by atoms with E-state index >= 15 is 0 Å². The predicted octanol–water partition coefficient (Wildman–Crippen LogP) is 4.23. The van der Waals surface area contributed by atoms with Gasteiger partial charge in [-0.1, -0.05) is 0 Å². The van der Waals surface area contributed by atoms with E-state index in [0.29, 0.717) is 28.9 Å². The van der Waals surface area contributed by atoms with Crippen LogP contribution in [0.3, 0.4) is 0 Å². The van der Waals surface area contributed by atoms with Gasteiger partial charge in [-0.2, -0.15) is 0 Å². The van der Waals surface area contributed by atoms with Gasteiger partial charge in [-0.3, -0.25) is 9.59 Å². The number of hydrogen-bond acceptors (Lipinski definition) is 5. The third-order valence-corrected chi connectivity index (χ3v) is 4.03. The second kappa shape index (κ2) is 9.12. The Kier molecular flexibility index (Phi) is 6.87. The van der Waals surface area contributed by atoms with Crippen molar-refractivity contribution in [3.05, 3.63) is 53.1 Å². The molecular formula is C20H20F2O5. The maximum Gasteiger partial charge on any atom is 0.203 e. The smallest absolute Gasteiger partial charge is 0.203 e. The van der Waals surface area contributed by atoms with Crippen LogP contribution in [-0.2, 0) is 0 Å². The summed E-state index contributed by atoms with van der Waals surface area (Å²) >= 11 is 0. The Morgan fingerprint density at radius 3 is 1.96 bits per heavy atom. The van der Waals surface area contributed by atoms with Gasteiger partial charge in [0.05, 0.1) is 26.9 Å². The van der Waals surface area contributed by atoms with Gasteiger partial charge >= 0.3 is 0 Å². The van der Waals surface area contributed by atoms with E-state index in [2.05, 4.69) is 0 Å². The van der Waals surface area contributed by atoms with Crippen molar-refractivity contribution in [1.29, 1.82) is 0 Å². The monoisotopic (exact) mass is 378 g/mol. The molecule has 0 saturated heterocycles. The summed E-state index contributed by atoms with van der Waals surface area (Å²) in [5, 5.41) is 0. The van der Waals surface area contributed by atoms with Crippen LogP contribution in [0.1, 0.15) is 40.0 Å². The Morgan fingerprint density at radius 1 is 0.852 bits per heavy atom. The molecule has 5 nitrogen and oxygen atoms in total. The summed E-state index contributed by atoms with van der Waals surface area (Å²) < 4.78 is 42.2. The van der Waals surface area contributed by atoms with Gasteiger partial charge in [-0.15, -0.1) is 0 Å². The summed E-state index contributed by atoms with van der Waals surface area (Å²) in [6.07, 6.45) is 0.275. The lowest BCUT2D eigenvalue weighted by molar-refractivity contribution is 0.0955. The normalized spacial score (nSPS) is 10.4. The van der Waals surface area contributed by atoms with Crippen LogP contribution in [0.15, 0.2) is 30.3 Å². The van der Waals surface area contributed by atoms with E-state index < -0.39 is 17.4 Å². The summed E-state index contributed by atoms with van der Waals surface area (Å²) in [4.78, 5) is 24.5. The largest absolute Gasteiger partial charge is 0.493 e. The predicted molar refractivity (Wildman–Crippen MR) is 95.0 cm³/mol. The minimum Gasteiger partial charge on any atom is -0.493 e. The van der Waals surface area contributed by atoms with Crippen molar-refractivity contribution in [2.45, 2.75) is 19.3 Å². The SMILES string of the molecule is COc1cc(C(=O)CCCC(=O)c2ccc(F)cc2F)cc(OC)c1OC. The van der Waals surface area contributed by atoms with Crippen molar-refractivity contribution >= 4 is 11.6 Å². The second-order valence-electron chi connectivity index (χ2n) is 5.74. The zero-order valence-corrected chi connectivity index (χ0v) is 15.3. The van der Waals surface area contributed by atoms with E-state index in [1.165, 1.54) is 33.5 Å². The number of halogens is 2. The van der Waals surface area contributed by atoms with E-state index in [4.69, 9.17) is 14.2 Å². The lowest BCUT2D eigenvalue weighted by Crippen LogP contribution is -2.06. The van der Waals surface area contributed by atoms with Gasteiger partial charge in [-0.25, -0.2) is 8.78 Å². The number of hydrogen-bond donors (Lipinski definition) is 0. The van der Waals surface area contributed by atoms with Crippen LogP contribution in [0, 0.1) is 11.6 Å². The molecule has 144 valence electrons. The van der Waals surface area contributed by atoms with Crippen molar-refractivity contribution < 1.29 is 32.6 Å². The molecule has 0 aliphatic rings. The summed E-state index contributed by atoms with van der Waals surface area (Å²) in [6.45, 7) is 0. The first-order chi connectivity index (χ1) is 12.9. The molecule has 7 heteroatoms. The van der Waals surface area contributed by atoms with Crippen molar-refractivity contribution in [3.8, 4) is 17.2 Å². The average Bonchev–Trinajstić information content (AvgIpc) is 2.66. The molecule has 0 bridgehead atoms. The Hall–Kier alpha value is -2.96. The number of ketones is 2. The maximum atomic E-state index is 13.6. The highest BCUT2D eigenvalue weighted by atomic mass is 19.1. The molecule has 2 rings (SSSR count). The van der Waals surface area contributed by atoms with Crippen molar-refractivity contribution in [2.75, 3.05) is 21.3 Å². The zero-order valence-electron chi connectivity index (χ0n) is 15.3. The van der Waals surface area contributed by atoms with Gasteiger partial charge in [0, 0.05) is 24.5 Å². The fourth-order valence-electron chi connectivity index (χ4n) is 2.65. The molecule has 0 aromatic heterocycles. The molecule has 2 aromatic carbocycles. The highest BCUT2D eigenvalue weighted by Crippen LogP contribution is 2.38. The summed E-state index contributed by atoms with van der Waals surface area (Å²) in [7, 11) is 4.35. The second-order valence-corrected chi connectivity index (χ2v) is 5.74. The van der Waals surface area contributed by atoms with Crippen molar-refractivity contribution in [2.24, 2.45) is 0 Å². The topological polar surface area (TPSA) is 61.8 Å². The van der Waals surface area contributed by atoms with Gasteiger partial charge in [0.15, 0.2) is 23.1 Å². The minimum atomic E-state index is -0.907. The van der Waals surface area contributed by atoms with Crippen LogP contribution in [0.4, 0.5) is 8.78 Å². The highest BCUT2D eigenvalue weighted by Gasteiger charge is 2.18. The number of carbonyl (C=O) groups is 2. The number of carbonyl (C=O) groups excluding carboxylic acids is 2. The molecule has 0 fully saturated rings.